The van der Waals surface area contributed by atoms with Crippen molar-refractivity contribution in [3.05, 3.63) is 11.8 Å². The van der Waals surface area contributed by atoms with E-state index in [0.29, 0.717) is 5.76 Å². The lowest BCUT2D eigenvalue weighted by Gasteiger charge is -2.11. The van der Waals surface area contributed by atoms with Crippen LogP contribution in [0.2, 0.25) is 0 Å². The van der Waals surface area contributed by atoms with Crippen LogP contribution in [0, 0.1) is 6.92 Å². The number of carbonyl (C=O) groups excluding carboxylic acids is 1. The van der Waals surface area contributed by atoms with Gasteiger partial charge in [-0.05, 0) is 12.1 Å². The fourth-order valence-electron chi connectivity index (χ4n) is 1.16. The predicted octanol–water partition coefficient (Wildman–Crippen LogP) is -0.594. The van der Waals surface area contributed by atoms with Crippen molar-refractivity contribution in [1.82, 2.24) is 10.5 Å². The van der Waals surface area contributed by atoms with Crippen LogP contribution in [0.1, 0.15) is 12.2 Å². The molecule has 9 nitrogen and oxygen atoms in total. The first-order chi connectivity index (χ1) is 8.88. The molecule has 0 saturated heterocycles. The molecule has 0 unspecified atom stereocenters. The van der Waals surface area contributed by atoms with Crippen LogP contribution in [-0.2, 0) is 14.4 Å². The van der Waals surface area contributed by atoms with Gasteiger partial charge in [0.1, 0.15) is 11.8 Å². The zero-order chi connectivity index (χ0) is 14.4. The van der Waals surface area contributed by atoms with Crippen LogP contribution in [0.3, 0.4) is 0 Å². The lowest BCUT2D eigenvalue weighted by atomic mass is 10.2. The number of nitrogens with one attached hydrogen (secondary N) is 1. The minimum atomic E-state index is -1.51. The van der Waals surface area contributed by atoms with E-state index in [1.165, 1.54) is 6.07 Å². The quantitative estimate of drug-likeness (QED) is 0.598. The molecule has 1 heterocycles. The number of aromatic nitrogens is 1. The van der Waals surface area contributed by atoms with Gasteiger partial charge >= 0.3 is 11.9 Å². The van der Waals surface area contributed by atoms with Crippen LogP contribution in [0.4, 0.5) is 0 Å². The Balaban J connectivity index is 2.44. The van der Waals surface area contributed by atoms with Crippen molar-refractivity contribution in [3.8, 4) is 5.88 Å². The number of carbonyl (C=O) groups is 3. The summed E-state index contributed by atoms with van der Waals surface area (Å²) in [5.41, 5.74) is 0. The fourth-order valence-corrected chi connectivity index (χ4v) is 1.16. The fraction of sp³-hybridized carbons (Fsp3) is 0.400. The van der Waals surface area contributed by atoms with Crippen LogP contribution >= 0.6 is 0 Å². The van der Waals surface area contributed by atoms with Crippen molar-refractivity contribution >= 4 is 17.8 Å². The van der Waals surface area contributed by atoms with Crippen molar-refractivity contribution < 1.29 is 33.9 Å². The molecule has 9 heteroatoms. The van der Waals surface area contributed by atoms with Crippen LogP contribution in [0.25, 0.3) is 0 Å². The summed E-state index contributed by atoms with van der Waals surface area (Å²) in [5, 5.41) is 22.7. The minimum absolute atomic E-state index is 0.0813. The molecule has 1 atom stereocenters. The Kier molecular flexibility index (Phi) is 4.86. The monoisotopic (exact) mass is 272 g/mol. The average molecular weight is 272 g/mol. The summed E-state index contributed by atoms with van der Waals surface area (Å²) >= 11 is 0. The maximum absolute atomic E-state index is 11.4. The molecule has 1 aromatic rings. The molecule has 3 N–H and O–H groups in total. The summed E-state index contributed by atoms with van der Waals surface area (Å²) in [6.45, 7) is 1.14. The molecule has 0 bridgehead atoms. The summed E-state index contributed by atoms with van der Waals surface area (Å²) in [5.74, 6) is -2.97. The zero-order valence-electron chi connectivity index (χ0n) is 9.95. The molecule has 0 aliphatic carbocycles. The number of amides is 1. The number of carboxylic acids is 2. The number of hydrogen-bond acceptors (Lipinski definition) is 6. The zero-order valence-corrected chi connectivity index (χ0v) is 9.95. The highest BCUT2D eigenvalue weighted by Gasteiger charge is 2.23. The number of rotatable bonds is 7. The maximum Gasteiger partial charge on any atom is 0.326 e. The highest BCUT2D eigenvalue weighted by atomic mass is 16.5. The van der Waals surface area contributed by atoms with Gasteiger partial charge in [-0.25, -0.2) is 4.79 Å². The second-order valence-corrected chi connectivity index (χ2v) is 3.62. The SMILES string of the molecule is Cc1cc(OCC(=O)N[C@@H](CC(=O)O)C(=O)O)no1. The summed E-state index contributed by atoms with van der Waals surface area (Å²) in [4.78, 5) is 32.5. The summed E-state index contributed by atoms with van der Waals surface area (Å²) in [6.07, 6.45) is -0.718. The summed E-state index contributed by atoms with van der Waals surface area (Å²) < 4.78 is 9.61. The lowest BCUT2D eigenvalue weighted by molar-refractivity contribution is -0.147. The van der Waals surface area contributed by atoms with Crippen molar-refractivity contribution in [1.29, 1.82) is 0 Å². The van der Waals surface area contributed by atoms with E-state index < -0.39 is 36.9 Å². The molecule has 0 radical (unpaired) electrons. The largest absolute Gasteiger partial charge is 0.481 e. The number of aliphatic carboxylic acids is 2. The van der Waals surface area contributed by atoms with Gasteiger partial charge < -0.3 is 24.8 Å². The predicted molar refractivity (Wildman–Crippen MR) is 58.6 cm³/mol. The molecule has 0 aromatic carbocycles. The van der Waals surface area contributed by atoms with Crippen molar-refractivity contribution in [3.63, 3.8) is 0 Å². The second-order valence-electron chi connectivity index (χ2n) is 3.62. The van der Waals surface area contributed by atoms with E-state index in [9.17, 15) is 14.4 Å². The highest BCUT2D eigenvalue weighted by molar-refractivity contribution is 5.87. The van der Waals surface area contributed by atoms with E-state index in [1.807, 2.05) is 5.32 Å². The van der Waals surface area contributed by atoms with Gasteiger partial charge in [-0.3, -0.25) is 9.59 Å². The van der Waals surface area contributed by atoms with Gasteiger partial charge in [0.05, 0.1) is 6.42 Å². The Bertz CT molecular complexity index is 482. The van der Waals surface area contributed by atoms with E-state index in [-0.39, 0.29) is 5.88 Å². The van der Waals surface area contributed by atoms with Gasteiger partial charge in [-0.2, -0.15) is 0 Å². The van der Waals surface area contributed by atoms with E-state index in [0.717, 1.165) is 0 Å². The molecular weight excluding hydrogens is 260 g/mol. The van der Waals surface area contributed by atoms with Gasteiger partial charge in [-0.15, -0.1) is 0 Å². The number of nitrogens with zero attached hydrogens (tertiary/aromatic N) is 1. The summed E-state index contributed by atoms with van der Waals surface area (Å²) in [6, 6.07) is -0.0632. The molecule has 0 aliphatic rings. The second kappa shape index (κ2) is 6.38. The Labute approximate surface area is 107 Å². The third-order valence-corrected chi connectivity index (χ3v) is 1.97. The molecule has 19 heavy (non-hydrogen) atoms. The average Bonchev–Trinajstić information content (AvgIpc) is 2.71. The normalized spacial score (nSPS) is 11.6. The van der Waals surface area contributed by atoms with Crippen molar-refractivity contribution in [2.75, 3.05) is 6.61 Å². The van der Waals surface area contributed by atoms with Crippen LogP contribution in [-0.4, -0.2) is 45.9 Å². The Morgan fingerprint density at radius 1 is 1.47 bits per heavy atom. The minimum Gasteiger partial charge on any atom is -0.481 e. The van der Waals surface area contributed by atoms with E-state index in [4.69, 9.17) is 19.5 Å². The van der Waals surface area contributed by atoms with Gasteiger partial charge in [0, 0.05) is 6.07 Å². The smallest absolute Gasteiger partial charge is 0.326 e. The molecule has 0 fully saturated rings. The van der Waals surface area contributed by atoms with E-state index in [1.54, 1.807) is 6.92 Å². The molecular formula is C10H12N2O7. The first-order valence-electron chi connectivity index (χ1n) is 5.18. The van der Waals surface area contributed by atoms with Crippen molar-refractivity contribution in [2.24, 2.45) is 0 Å². The molecule has 0 saturated carbocycles. The molecule has 1 rings (SSSR count). The van der Waals surface area contributed by atoms with Gasteiger partial charge in [0.2, 0.25) is 0 Å². The number of ether oxygens (including phenoxy) is 1. The van der Waals surface area contributed by atoms with Crippen molar-refractivity contribution in [2.45, 2.75) is 19.4 Å². The van der Waals surface area contributed by atoms with E-state index >= 15 is 0 Å². The molecule has 1 amide bonds. The molecule has 1 aromatic heterocycles. The first kappa shape index (κ1) is 14.5. The lowest BCUT2D eigenvalue weighted by Crippen LogP contribution is -2.44. The third-order valence-electron chi connectivity index (χ3n) is 1.97. The Hall–Kier alpha value is -2.58. The van der Waals surface area contributed by atoms with Gasteiger partial charge in [0.15, 0.2) is 6.61 Å². The van der Waals surface area contributed by atoms with Crippen LogP contribution in [0.5, 0.6) is 5.88 Å². The van der Waals surface area contributed by atoms with Gasteiger partial charge in [0.25, 0.3) is 11.8 Å². The first-order valence-corrected chi connectivity index (χ1v) is 5.18. The van der Waals surface area contributed by atoms with E-state index in [2.05, 4.69) is 5.16 Å². The maximum atomic E-state index is 11.4. The Morgan fingerprint density at radius 3 is 2.63 bits per heavy atom. The number of hydrogen-bond donors (Lipinski definition) is 3. The summed E-state index contributed by atoms with van der Waals surface area (Å²) in [7, 11) is 0. The third kappa shape index (κ3) is 5.06. The molecule has 0 spiro atoms. The van der Waals surface area contributed by atoms with Crippen LogP contribution < -0.4 is 10.1 Å². The topological polar surface area (TPSA) is 139 Å². The molecule has 0 aliphatic heterocycles. The van der Waals surface area contributed by atoms with Gasteiger partial charge in [-0.1, -0.05) is 0 Å². The van der Waals surface area contributed by atoms with Crippen LogP contribution in [0.15, 0.2) is 10.6 Å². The standard InChI is InChI=1S/C10H12N2O7/c1-5-2-8(12-19-5)18-4-7(13)11-6(10(16)17)3-9(14)15/h2,6H,3-4H2,1H3,(H,11,13)(H,14,15)(H,16,17)/t6-/m0/s1. The Morgan fingerprint density at radius 2 is 2.16 bits per heavy atom. The highest BCUT2D eigenvalue weighted by Crippen LogP contribution is 2.09. The number of aryl methyl sites for hydroxylation is 1. The number of carboxylic acid groups (broad SMARTS) is 2. The molecule has 104 valence electrons.